The van der Waals surface area contributed by atoms with Gasteiger partial charge in [-0.15, -0.1) is 0 Å². The average molecular weight is 284 g/mol. The van der Waals surface area contributed by atoms with Gasteiger partial charge in [-0.1, -0.05) is 6.92 Å². The van der Waals surface area contributed by atoms with Crippen molar-refractivity contribution in [2.45, 2.75) is 44.6 Å². The molecule has 20 heavy (non-hydrogen) atoms. The first kappa shape index (κ1) is 15.2. The summed E-state index contributed by atoms with van der Waals surface area (Å²) in [6.07, 6.45) is 4.50. The van der Waals surface area contributed by atoms with Crippen LogP contribution in [0, 0.1) is 5.92 Å². The molecule has 1 aromatic heterocycles. The molecule has 1 aromatic rings. The molecule has 2 rings (SSSR count). The van der Waals surface area contributed by atoms with Crippen LogP contribution in [-0.2, 0) is 0 Å². The monoisotopic (exact) mass is 284 g/mol. The maximum absolute atomic E-state index is 13.3. The Morgan fingerprint density at radius 3 is 2.70 bits per heavy atom. The van der Waals surface area contributed by atoms with Gasteiger partial charge >= 0.3 is 0 Å². The van der Waals surface area contributed by atoms with Crippen molar-refractivity contribution in [3.05, 3.63) is 24.0 Å². The third-order valence-electron chi connectivity index (χ3n) is 3.99. The molecule has 0 amide bonds. The number of nitrogens with zero attached hydrogens (tertiary/aromatic N) is 1. The SMILES string of the molecule is CCNC(c1cncc(OC)c1)C1CCC(F)(F)CC1. The number of rotatable bonds is 5. The van der Waals surface area contributed by atoms with Crippen molar-refractivity contribution in [3.63, 3.8) is 0 Å². The van der Waals surface area contributed by atoms with Crippen LogP contribution in [0.2, 0.25) is 0 Å². The van der Waals surface area contributed by atoms with E-state index in [-0.39, 0.29) is 24.8 Å². The van der Waals surface area contributed by atoms with Crippen LogP contribution in [0.4, 0.5) is 8.78 Å². The van der Waals surface area contributed by atoms with E-state index in [1.54, 1.807) is 19.5 Å². The Morgan fingerprint density at radius 1 is 1.40 bits per heavy atom. The van der Waals surface area contributed by atoms with Crippen LogP contribution in [0.25, 0.3) is 0 Å². The van der Waals surface area contributed by atoms with Crippen LogP contribution in [0.5, 0.6) is 5.75 Å². The highest BCUT2D eigenvalue weighted by atomic mass is 19.3. The number of methoxy groups -OCH3 is 1. The maximum atomic E-state index is 13.3. The first-order chi connectivity index (χ1) is 9.55. The summed E-state index contributed by atoms with van der Waals surface area (Å²) >= 11 is 0. The lowest BCUT2D eigenvalue weighted by Crippen LogP contribution is -2.34. The lowest BCUT2D eigenvalue weighted by atomic mass is 9.80. The summed E-state index contributed by atoms with van der Waals surface area (Å²) in [5, 5.41) is 3.41. The quantitative estimate of drug-likeness (QED) is 0.897. The minimum atomic E-state index is -2.49. The van der Waals surface area contributed by atoms with E-state index >= 15 is 0 Å². The van der Waals surface area contributed by atoms with Crippen LogP contribution < -0.4 is 10.1 Å². The summed E-state index contributed by atoms with van der Waals surface area (Å²) in [6.45, 7) is 2.83. The number of pyridine rings is 1. The predicted octanol–water partition coefficient (Wildman–Crippen LogP) is 3.57. The molecule has 1 aliphatic carbocycles. The van der Waals surface area contributed by atoms with E-state index in [1.807, 2.05) is 13.0 Å². The van der Waals surface area contributed by atoms with Crippen LogP contribution >= 0.6 is 0 Å². The molecule has 112 valence electrons. The Hall–Kier alpha value is -1.23. The number of alkyl halides is 2. The molecule has 1 aliphatic rings. The summed E-state index contributed by atoms with van der Waals surface area (Å²) in [4.78, 5) is 4.17. The number of hydrogen-bond acceptors (Lipinski definition) is 3. The van der Waals surface area contributed by atoms with Crippen molar-refractivity contribution in [2.75, 3.05) is 13.7 Å². The van der Waals surface area contributed by atoms with Gasteiger partial charge in [0.1, 0.15) is 5.75 Å². The number of hydrogen-bond donors (Lipinski definition) is 1. The Balaban J connectivity index is 2.14. The van der Waals surface area contributed by atoms with Gasteiger partial charge in [0.05, 0.1) is 13.3 Å². The van der Waals surface area contributed by atoms with Crippen molar-refractivity contribution in [1.29, 1.82) is 0 Å². The van der Waals surface area contributed by atoms with E-state index in [9.17, 15) is 8.78 Å². The zero-order chi connectivity index (χ0) is 14.6. The van der Waals surface area contributed by atoms with Gasteiger partial charge in [-0.25, -0.2) is 8.78 Å². The third kappa shape index (κ3) is 3.66. The van der Waals surface area contributed by atoms with Gasteiger partial charge in [0.15, 0.2) is 0 Å². The van der Waals surface area contributed by atoms with Crippen molar-refractivity contribution in [1.82, 2.24) is 10.3 Å². The van der Waals surface area contributed by atoms with E-state index in [4.69, 9.17) is 4.74 Å². The molecule has 0 spiro atoms. The predicted molar refractivity (Wildman–Crippen MR) is 74.1 cm³/mol. The molecule has 0 radical (unpaired) electrons. The average Bonchev–Trinajstić information content (AvgIpc) is 2.45. The molecule has 0 aliphatic heterocycles. The zero-order valence-corrected chi connectivity index (χ0v) is 12.0. The van der Waals surface area contributed by atoms with E-state index in [0.717, 1.165) is 12.1 Å². The largest absolute Gasteiger partial charge is 0.495 e. The van der Waals surface area contributed by atoms with Crippen LogP contribution in [0.15, 0.2) is 18.5 Å². The second-order valence-corrected chi connectivity index (χ2v) is 5.39. The maximum Gasteiger partial charge on any atom is 0.248 e. The number of aromatic nitrogens is 1. The first-order valence-corrected chi connectivity index (χ1v) is 7.16. The van der Waals surface area contributed by atoms with Gasteiger partial charge in [-0.3, -0.25) is 4.98 Å². The summed E-state index contributed by atoms with van der Waals surface area (Å²) < 4.78 is 31.8. The van der Waals surface area contributed by atoms with Gasteiger partial charge in [-0.05, 0) is 36.9 Å². The molecule has 0 aromatic carbocycles. The molecule has 3 nitrogen and oxygen atoms in total. The molecule has 0 saturated heterocycles. The summed E-state index contributed by atoms with van der Waals surface area (Å²) in [5.74, 6) is -1.56. The normalized spacial score (nSPS) is 20.6. The molecule has 1 N–H and O–H groups in total. The fraction of sp³-hybridized carbons (Fsp3) is 0.667. The highest BCUT2D eigenvalue weighted by Crippen LogP contribution is 2.41. The number of ether oxygens (including phenoxy) is 1. The lowest BCUT2D eigenvalue weighted by Gasteiger charge is -2.34. The van der Waals surface area contributed by atoms with Gasteiger partial charge in [0.25, 0.3) is 0 Å². The fourth-order valence-corrected chi connectivity index (χ4v) is 2.89. The third-order valence-corrected chi connectivity index (χ3v) is 3.99. The van der Waals surface area contributed by atoms with E-state index in [2.05, 4.69) is 10.3 Å². The number of halogens is 2. The smallest absolute Gasteiger partial charge is 0.248 e. The molecule has 1 heterocycles. The van der Waals surface area contributed by atoms with Crippen molar-refractivity contribution in [3.8, 4) is 5.75 Å². The van der Waals surface area contributed by atoms with Crippen LogP contribution in [0.3, 0.4) is 0 Å². The molecule has 1 atom stereocenters. The van der Waals surface area contributed by atoms with Gasteiger partial charge in [0, 0.05) is 25.1 Å². The topological polar surface area (TPSA) is 34.2 Å². The highest BCUT2D eigenvalue weighted by Gasteiger charge is 2.37. The lowest BCUT2D eigenvalue weighted by molar-refractivity contribution is -0.0497. The Bertz CT molecular complexity index is 430. The molecule has 1 saturated carbocycles. The van der Waals surface area contributed by atoms with E-state index in [0.29, 0.717) is 18.6 Å². The van der Waals surface area contributed by atoms with Crippen molar-refractivity contribution >= 4 is 0 Å². The zero-order valence-electron chi connectivity index (χ0n) is 12.0. The molecular formula is C15H22F2N2O. The van der Waals surface area contributed by atoms with Gasteiger partial charge in [-0.2, -0.15) is 0 Å². The van der Waals surface area contributed by atoms with Crippen LogP contribution in [-0.4, -0.2) is 24.6 Å². The van der Waals surface area contributed by atoms with E-state index < -0.39 is 5.92 Å². The summed E-state index contributed by atoms with van der Waals surface area (Å²) in [6, 6.07) is 2.01. The Labute approximate surface area is 118 Å². The summed E-state index contributed by atoms with van der Waals surface area (Å²) in [5.41, 5.74) is 1.02. The molecule has 1 unspecified atom stereocenters. The summed E-state index contributed by atoms with van der Waals surface area (Å²) in [7, 11) is 1.60. The minimum Gasteiger partial charge on any atom is -0.495 e. The molecule has 1 fully saturated rings. The first-order valence-electron chi connectivity index (χ1n) is 7.16. The highest BCUT2D eigenvalue weighted by molar-refractivity contribution is 5.26. The fourth-order valence-electron chi connectivity index (χ4n) is 2.89. The Morgan fingerprint density at radius 2 is 2.10 bits per heavy atom. The Kier molecular flexibility index (Phi) is 4.91. The van der Waals surface area contributed by atoms with Crippen molar-refractivity contribution in [2.24, 2.45) is 5.92 Å². The molecule has 5 heteroatoms. The number of nitrogens with one attached hydrogen (secondary N) is 1. The molecule has 0 bridgehead atoms. The minimum absolute atomic E-state index is 0.0169. The second-order valence-electron chi connectivity index (χ2n) is 5.39. The van der Waals surface area contributed by atoms with Crippen LogP contribution in [0.1, 0.15) is 44.2 Å². The van der Waals surface area contributed by atoms with E-state index in [1.165, 1.54) is 0 Å². The molecular weight excluding hydrogens is 262 g/mol. The van der Waals surface area contributed by atoms with Gasteiger partial charge in [0.2, 0.25) is 5.92 Å². The standard InChI is InChI=1S/C15H22F2N2O/c1-3-19-14(11-4-6-15(16,17)7-5-11)12-8-13(20-2)10-18-9-12/h8-11,14,19H,3-7H2,1-2H3. The second kappa shape index (κ2) is 6.48. The van der Waals surface area contributed by atoms with Gasteiger partial charge < -0.3 is 10.1 Å². The van der Waals surface area contributed by atoms with Crippen molar-refractivity contribution < 1.29 is 13.5 Å².